The summed E-state index contributed by atoms with van der Waals surface area (Å²) in [6.45, 7) is 2.57. The molecule has 3 unspecified atom stereocenters. The fraction of sp³-hybridized carbons (Fsp3) is 0.875. The van der Waals surface area contributed by atoms with Crippen LogP contribution in [0.2, 0.25) is 0 Å². The Morgan fingerprint density at radius 1 is 1.85 bits per heavy atom. The number of aliphatic hydroxyl groups is 1. The minimum absolute atomic E-state index is 0.0214. The number of aliphatic hydroxyl groups excluding tert-OH is 1. The molecule has 5 heteroatoms. The molecule has 3 atom stereocenters. The average Bonchev–Trinajstić information content (AvgIpc) is 2.55. The van der Waals surface area contributed by atoms with Gasteiger partial charge in [0.05, 0.1) is 12.6 Å². The van der Waals surface area contributed by atoms with Crippen molar-refractivity contribution >= 4 is 18.5 Å². The number of rotatable bonds is 1. The van der Waals surface area contributed by atoms with E-state index in [1.165, 1.54) is 0 Å². The van der Waals surface area contributed by atoms with Crippen molar-refractivity contribution in [2.24, 2.45) is 0 Å². The Morgan fingerprint density at radius 2 is 2.54 bits per heavy atom. The van der Waals surface area contributed by atoms with Gasteiger partial charge in [0.15, 0.2) is 0 Å². The van der Waals surface area contributed by atoms with Crippen LogP contribution < -0.4 is 5.32 Å². The zero-order valence-electron chi connectivity index (χ0n) is 7.53. The fourth-order valence-electron chi connectivity index (χ4n) is 2.16. The first-order valence-corrected chi connectivity index (χ1v) is 4.96. The molecule has 2 saturated heterocycles. The van der Waals surface area contributed by atoms with Crippen LogP contribution in [0.1, 0.15) is 13.3 Å². The summed E-state index contributed by atoms with van der Waals surface area (Å²) in [4.78, 5) is 13.5. The van der Waals surface area contributed by atoms with E-state index in [1.807, 2.05) is 11.8 Å². The number of hydrogen-bond donors (Lipinski definition) is 3. The second kappa shape index (κ2) is 2.87. The molecule has 0 aromatic carbocycles. The molecule has 2 heterocycles. The lowest BCUT2D eigenvalue weighted by molar-refractivity contribution is -0.121. The number of amides is 1. The number of carbonyl (C=O) groups excluding carboxylic acids is 1. The largest absolute Gasteiger partial charge is 0.393 e. The lowest BCUT2D eigenvalue weighted by Crippen LogP contribution is -2.52. The molecule has 2 N–H and O–H groups in total. The maximum atomic E-state index is 11.5. The second-order valence-electron chi connectivity index (χ2n) is 3.98. The number of thiol groups is 1. The van der Waals surface area contributed by atoms with E-state index in [0.717, 1.165) is 13.0 Å². The van der Waals surface area contributed by atoms with Crippen molar-refractivity contribution in [2.45, 2.75) is 30.3 Å². The molecular weight excluding hydrogens is 188 g/mol. The summed E-state index contributed by atoms with van der Waals surface area (Å²) in [6, 6.07) is -0.0837. The SMILES string of the molecule is CC1(CO)NC(=O)C2CC(S)CN21. The van der Waals surface area contributed by atoms with Gasteiger partial charge in [-0.1, -0.05) is 0 Å². The van der Waals surface area contributed by atoms with Crippen LogP contribution in [0.15, 0.2) is 0 Å². The average molecular weight is 202 g/mol. The van der Waals surface area contributed by atoms with E-state index in [9.17, 15) is 9.90 Å². The van der Waals surface area contributed by atoms with Crippen LogP contribution in [0.4, 0.5) is 0 Å². The van der Waals surface area contributed by atoms with Gasteiger partial charge in [0.25, 0.3) is 0 Å². The third-order valence-electron chi connectivity index (χ3n) is 2.92. The van der Waals surface area contributed by atoms with Crippen LogP contribution in [0.3, 0.4) is 0 Å². The minimum atomic E-state index is -0.570. The van der Waals surface area contributed by atoms with Crippen molar-refractivity contribution in [2.75, 3.05) is 13.2 Å². The first-order chi connectivity index (χ1) is 6.07. The van der Waals surface area contributed by atoms with Crippen LogP contribution in [-0.2, 0) is 4.79 Å². The third-order valence-corrected chi connectivity index (χ3v) is 3.29. The summed E-state index contributed by atoms with van der Waals surface area (Å²) in [5, 5.41) is 12.3. The van der Waals surface area contributed by atoms with Gasteiger partial charge in [0.1, 0.15) is 5.66 Å². The van der Waals surface area contributed by atoms with Gasteiger partial charge in [-0.3, -0.25) is 9.69 Å². The highest BCUT2D eigenvalue weighted by atomic mass is 32.1. The molecular formula is C8H14N2O2S. The van der Waals surface area contributed by atoms with Gasteiger partial charge in [-0.05, 0) is 13.3 Å². The highest BCUT2D eigenvalue weighted by Crippen LogP contribution is 2.32. The molecule has 2 aliphatic heterocycles. The van der Waals surface area contributed by atoms with Crippen molar-refractivity contribution < 1.29 is 9.90 Å². The first-order valence-electron chi connectivity index (χ1n) is 4.44. The van der Waals surface area contributed by atoms with E-state index in [4.69, 9.17) is 0 Å². The van der Waals surface area contributed by atoms with Gasteiger partial charge in [-0.15, -0.1) is 0 Å². The van der Waals surface area contributed by atoms with Gasteiger partial charge >= 0.3 is 0 Å². The number of carbonyl (C=O) groups is 1. The van der Waals surface area contributed by atoms with Crippen molar-refractivity contribution in [1.82, 2.24) is 10.2 Å². The molecule has 4 nitrogen and oxygen atoms in total. The Bertz CT molecular complexity index is 248. The Labute approximate surface area is 82.7 Å². The number of nitrogens with one attached hydrogen (secondary N) is 1. The summed E-state index contributed by atoms with van der Waals surface area (Å²) in [7, 11) is 0. The molecule has 0 aromatic rings. The summed E-state index contributed by atoms with van der Waals surface area (Å²) >= 11 is 4.35. The zero-order valence-corrected chi connectivity index (χ0v) is 8.42. The Kier molecular flexibility index (Phi) is 2.05. The molecule has 0 aliphatic carbocycles. The normalized spacial score (nSPS) is 45.0. The summed E-state index contributed by atoms with van der Waals surface area (Å²) in [6.07, 6.45) is 0.782. The van der Waals surface area contributed by atoms with Gasteiger partial charge in [0.2, 0.25) is 5.91 Å². The van der Waals surface area contributed by atoms with E-state index < -0.39 is 5.66 Å². The molecule has 13 heavy (non-hydrogen) atoms. The first kappa shape index (κ1) is 9.30. The highest BCUT2D eigenvalue weighted by Gasteiger charge is 2.51. The predicted octanol–water partition coefficient (Wildman–Crippen LogP) is -0.803. The van der Waals surface area contributed by atoms with Gasteiger partial charge in [-0.2, -0.15) is 12.6 Å². The fourth-order valence-corrected chi connectivity index (χ4v) is 2.53. The predicted molar refractivity (Wildman–Crippen MR) is 51.5 cm³/mol. The van der Waals surface area contributed by atoms with Crippen molar-refractivity contribution in [3.63, 3.8) is 0 Å². The van der Waals surface area contributed by atoms with E-state index in [2.05, 4.69) is 17.9 Å². The van der Waals surface area contributed by atoms with Crippen molar-refractivity contribution in [3.05, 3.63) is 0 Å². The topological polar surface area (TPSA) is 52.6 Å². The van der Waals surface area contributed by atoms with Crippen molar-refractivity contribution in [3.8, 4) is 0 Å². The molecule has 1 amide bonds. The molecule has 0 saturated carbocycles. The monoisotopic (exact) mass is 202 g/mol. The molecule has 0 spiro atoms. The van der Waals surface area contributed by atoms with Gasteiger partial charge < -0.3 is 10.4 Å². The molecule has 0 radical (unpaired) electrons. The molecule has 0 aromatic heterocycles. The number of nitrogens with zero attached hydrogens (tertiary/aromatic N) is 1. The smallest absolute Gasteiger partial charge is 0.238 e. The van der Waals surface area contributed by atoms with Crippen LogP contribution in [-0.4, -0.2) is 46.0 Å². The van der Waals surface area contributed by atoms with E-state index in [-0.39, 0.29) is 23.8 Å². The van der Waals surface area contributed by atoms with Crippen LogP contribution in [0, 0.1) is 0 Å². The van der Waals surface area contributed by atoms with Crippen LogP contribution in [0.5, 0.6) is 0 Å². The maximum absolute atomic E-state index is 11.5. The third kappa shape index (κ3) is 1.26. The lowest BCUT2D eigenvalue weighted by Gasteiger charge is -2.31. The minimum Gasteiger partial charge on any atom is -0.393 e. The second-order valence-corrected chi connectivity index (χ2v) is 4.71. The summed E-state index contributed by atoms with van der Waals surface area (Å²) in [5.41, 5.74) is -0.570. The molecule has 2 rings (SSSR count). The quantitative estimate of drug-likeness (QED) is 0.488. The molecule has 74 valence electrons. The van der Waals surface area contributed by atoms with E-state index in [1.54, 1.807) is 0 Å². The lowest BCUT2D eigenvalue weighted by atomic mass is 10.2. The standard InChI is InChI=1S/C8H14N2O2S/c1-8(4-11)9-7(12)6-2-5(13)3-10(6)8/h5-6,11,13H,2-4H2,1H3,(H,9,12). The Morgan fingerprint density at radius 3 is 3.15 bits per heavy atom. The Balaban J connectivity index is 2.24. The maximum Gasteiger partial charge on any atom is 0.238 e. The van der Waals surface area contributed by atoms with Crippen molar-refractivity contribution in [1.29, 1.82) is 0 Å². The number of fused-ring (bicyclic) bond motifs is 1. The summed E-state index contributed by atoms with van der Waals surface area (Å²) in [5.74, 6) is 0.0214. The van der Waals surface area contributed by atoms with E-state index in [0.29, 0.717) is 0 Å². The van der Waals surface area contributed by atoms with Crippen LogP contribution in [0.25, 0.3) is 0 Å². The highest BCUT2D eigenvalue weighted by molar-refractivity contribution is 7.81. The molecule has 2 aliphatic rings. The van der Waals surface area contributed by atoms with E-state index >= 15 is 0 Å². The van der Waals surface area contributed by atoms with Gasteiger partial charge in [0, 0.05) is 11.8 Å². The van der Waals surface area contributed by atoms with Crippen LogP contribution >= 0.6 is 12.6 Å². The molecule has 2 fully saturated rings. The Hall–Kier alpha value is -0.260. The number of hydrogen-bond acceptors (Lipinski definition) is 4. The zero-order chi connectivity index (χ0) is 9.64. The summed E-state index contributed by atoms with van der Waals surface area (Å²) < 4.78 is 0. The van der Waals surface area contributed by atoms with Gasteiger partial charge in [-0.25, -0.2) is 0 Å². The molecule has 0 bridgehead atoms.